The maximum Gasteiger partial charge on any atom is 0.289 e. The third-order valence-electron chi connectivity index (χ3n) is 6.24. The van der Waals surface area contributed by atoms with E-state index in [9.17, 15) is 9.59 Å². The van der Waals surface area contributed by atoms with E-state index >= 15 is 0 Å². The van der Waals surface area contributed by atoms with E-state index in [1.165, 1.54) is 11.0 Å². The number of likely N-dealkylation sites (tertiary alicyclic amines) is 1. The van der Waals surface area contributed by atoms with Gasteiger partial charge in [0.15, 0.2) is 5.76 Å². The van der Waals surface area contributed by atoms with Crippen molar-refractivity contribution in [2.75, 3.05) is 39.3 Å². The van der Waals surface area contributed by atoms with Gasteiger partial charge in [-0.2, -0.15) is 0 Å². The van der Waals surface area contributed by atoms with Crippen LogP contribution in [0, 0.1) is 5.92 Å². The number of benzene rings is 1. The average molecular weight is 439 g/mol. The largest absolute Gasteiger partial charge is 0.459 e. The van der Waals surface area contributed by atoms with Crippen LogP contribution in [0.1, 0.15) is 28.4 Å². The van der Waals surface area contributed by atoms with Crippen molar-refractivity contribution in [1.82, 2.24) is 19.7 Å². The molecule has 0 atom stereocenters. The van der Waals surface area contributed by atoms with Gasteiger partial charge in [-0.1, -0.05) is 12.1 Å². The minimum atomic E-state index is -0.0839. The second-order valence-electron chi connectivity index (χ2n) is 8.22. The van der Waals surface area contributed by atoms with Gasteiger partial charge in [-0.15, -0.1) is 11.3 Å². The van der Waals surface area contributed by atoms with E-state index in [-0.39, 0.29) is 17.7 Å². The summed E-state index contributed by atoms with van der Waals surface area (Å²) in [6.07, 6.45) is 2.95. The van der Waals surface area contributed by atoms with Crippen molar-refractivity contribution < 1.29 is 14.0 Å². The fourth-order valence-electron chi connectivity index (χ4n) is 4.45. The van der Waals surface area contributed by atoms with Crippen LogP contribution in [-0.4, -0.2) is 70.8 Å². The second kappa shape index (κ2) is 8.80. The van der Waals surface area contributed by atoms with Crippen molar-refractivity contribution in [2.24, 2.45) is 5.92 Å². The lowest BCUT2D eigenvalue weighted by molar-refractivity contribution is -0.138. The molecule has 0 bridgehead atoms. The molecule has 7 nitrogen and oxygen atoms in total. The van der Waals surface area contributed by atoms with Gasteiger partial charge in [-0.05, 0) is 37.1 Å². The molecule has 0 spiro atoms. The van der Waals surface area contributed by atoms with Crippen LogP contribution in [-0.2, 0) is 11.3 Å². The number of fused-ring (bicyclic) bond motifs is 1. The molecule has 5 rings (SSSR count). The minimum Gasteiger partial charge on any atom is -0.459 e. The Morgan fingerprint density at radius 2 is 1.74 bits per heavy atom. The predicted octanol–water partition coefficient (Wildman–Crippen LogP) is 3.09. The molecule has 0 saturated carbocycles. The van der Waals surface area contributed by atoms with E-state index in [1.54, 1.807) is 28.4 Å². The van der Waals surface area contributed by atoms with Crippen molar-refractivity contribution in [1.29, 1.82) is 0 Å². The summed E-state index contributed by atoms with van der Waals surface area (Å²) in [6.45, 7) is 5.31. The molecule has 2 aliphatic rings. The first-order chi connectivity index (χ1) is 15.2. The normalized spacial score (nSPS) is 18.6. The number of nitrogens with zero attached hydrogens (tertiary/aromatic N) is 4. The molecule has 0 aliphatic carbocycles. The zero-order valence-electron chi connectivity index (χ0n) is 17.4. The van der Waals surface area contributed by atoms with E-state index in [4.69, 9.17) is 9.40 Å². The number of hydrogen-bond acceptors (Lipinski definition) is 6. The number of rotatable bonds is 4. The van der Waals surface area contributed by atoms with Crippen LogP contribution in [0.2, 0.25) is 0 Å². The fourth-order valence-corrected chi connectivity index (χ4v) is 5.46. The first-order valence-corrected chi connectivity index (χ1v) is 11.7. The highest BCUT2D eigenvalue weighted by atomic mass is 32.1. The van der Waals surface area contributed by atoms with Gasteiger partial charge in [-0.3, -0.25) is 14.5 Å². The van der Waals surface area contributed by atoms with Gasteiger partial charge in [0, 0.05) is 45.2 Å². The van der Waals surface area contributed by atoms with E-state index in [1.807, 2.05) is 17.0 Å². The standard InChI is InChI=1S/C23H26N4O3S/c28-22(17-7-9-26(10-8-17)23(29)19-5-3-15-30-19)27-13-11-25(12-14-27)16-21-24-18-4-1-2-6-20(18)31-21/h1-6,15,17H,7-14,16H2. The number of piperidine rings is 1. The number of para-hydroxylation sites is 1. The SMILES string of the molecule is O=C(c1ccco1)N1CCC(C(=O)N2CCN(Cc3nc4ccccc4s3)CC2)CC1. The van der Waals surface area contributed by atoms with E-state index in [0.29, 0.717) is 18.8 Å². The highest BCUT2D eigenvalue weighted by Gasteiger charge is 2.32. The lowest BCUT2D eigenvalue weighted by Crippen LogP contribution is -2.51. The van der Waals surface area contributed by atoms with Crippen LogP contribution < -0.4 is 0 Å². The number of furan rings is 1. The molecule has 2 amide bonds. The number of aromatic nitrogens is 1. The Bertz CT molecular complexity index is 1010. The van der Waals surface area contributed by atoms with Crippen LogP contribution in [0.5, 0.6) is 0 Å². The summed E-state index contributed by atoms with van der Waals surface area (Å²) in [4.78, 5) is 36.3. The van der Waals surface area contributed by atoms with Crippen LogP contribution in [0.3, 0.4) is 0 Å². The first kappa shape index (κ1) is 20.2. The molecule has 4 heterocycles. The van der Waals surface area contributed by atoms with Gasteiger partial charge in [0.05, 0.1) is 23.0 Å². The number of amides is 2. The highest BCUT2D eigenvalue weighted by molar-refractivity contribution is 7.18. The Kier molecular flexibility index (Phi) is 5.74. The molecule has 2 aromatic heterocycles. The van der Waals surface area contributed by atoms with Crippen molar-refractivity contribution in [3.8, 4) is 0 Å². The second-order valence-corrected chi connectivity index (χ2v) is 9.34. The quantitative estimate of drug-likeness (QED) is 0.626. The summed E-state index contributed by atoms with van der Waals surface area (Å²) in [5, 5.41) is 1.13. The Labute approximate surface area is 185 Å². The van der Waals surface area contributed by atoms with Gasteiger partial charge in [0.25, 0.3) is 5.91 Å². The predicted molar refractivity (Wildman–Crippen MR) is 119 cm³/mol. The maximum atomic E-state index is 13.0. The van der Waals surface area contributed by atoms with Crippen molar-refractivity contribution in [2.45, 2.75) is 19.4 Å². The number of carbonyl (C=O) groups excluding carboxylic acids is 2. The minimum absolute atomic E-state index is 0.0106. The Hall–Kier alpha value is -2.71. The average Bonchev–Trinajstić information content (AvgIpc) is 3.48. The molecule has 162 valence electrons. The molecule has 31 heavy (non-hydrogen) atoms. The van der Waals surface area contributed by atoms with E-state index in [0.717, 1.165) is 56.1 Å². The van der Waals surface area contributed by atoms with Crippen molar-refractivity contribution >= 4 is 33.4 Å². The summed E-state index contributed by atoms with van der Waals surface area (Å²) >= 11 is 1.75. The number of carbonyl (C=O) groups is 2. The van der Waals surface area contributed by atoms with Gasteiger partial charge in [-0.25, -0.2) is 4.98 Å². The topological polar surface area (TPSA) is 69.9 Å². The third kappa shape index (κ3) is 4.36. The van der Waals surface area contributed by atoms with E-state index in [2.05, 4.69) is 17.0 Å². The Morgan fingerprint density at radius 3 is 2.45 bits per heavy atom. The molecule has 2 saturated heterocycles. The number of thiazole rings is 1. The monoisotopic (exact) mass is 438 g/mol. The van der Waals surface area contributed by atoms with Gasteiger partial charge < -0.3 is 14.2 Å². The molecule has 0 unspecified atom stereocenters. The van der Waals surface area contributed by atoms with Gasteiger partial charge in [0.2, 0.25) is 5.91 Å². The van der Waals surface area contributed by atoms with Crippen LogP contribution in [0.4, 0.5) is 0 Å². The summed E-state index contributed by atoms with van der Waals surface area (Å²) in [5.74, 6) is 0.537. The molecule has 3 aromatic rings. The maximum absolute atomic E-state index is 13.0. The zero-order chi connectivity index (χ0) is 21.2. The van der Waals surface area contributed by atoms with Crippen LogP contribution >= 0.6 is 11.3 Å². The van der Waals surface area contributed by atoms with Gasteiger partial charge >= 0.3 is 0 Å². The lowest BCUT2D eigenvalue weighted by atomic mass is 9.94. The Balaban J connectivity index is 1.10. The fraction of sp³-hybridized carbons (Fsp3) is 0.435. The summed E-state index contributed by atoms with van der Waals surface area (Å²) in [5.41, 5.74) is 1.06. The smallest absolute Gasteiger partial charge is 0.289 e. The third-order valence-corrected chi connectivity index (χ3v) is 7.27. The zero-order valence-corrected chi connectivity index (χ0v) is 18.2. The van der Waals surface area contributed by atoms with Crippen molar-refractivity contribution in [3.05, 3.63) is 53.4 Å². The molecule has 8 heteroatoms. The van der Waals surface area contributed by atoms with Crippen LogP contribution in [0.25, 0.3) is 10.2 Å². The molecule has 1 aromatic carbocycles. The first-order valence-electron chi connectivity index (χ1n) is 10.9. The molecular weight excluding hydrogens is 412 g/mol. The van der Waals surface area contributed by atoms with Crippen LogP contribution in [0.15, 0.2) is 47.1 Å². The molecular formula is C23H26N4O3S. The Morgan fingerprint density at radius 1 is 0.968 bits per heavy atom. The summed E-state index contributed by atoms with van der Waals surface area (Å²) in [6, 6.07) is 11.6. The molecule has 2 aliphatic heterocycles. The molecule has 0 radical (unpaired) electrons. The number of piperazine rings is 1. The summed E-state index contributed by atoms with van der Waals surface area (Å²) in [7, 11) is 0. The van der Waals surface area contributed by atoms with Crippen molar-refractivity contribution in [3.63, 3.8) is 0 Å². The van der Waals surface area contributed by atoms with E-state index < -0.39 is 0 Å². The highest BCUT2D eigenvalue weighted by Crippen LogP contribution is 2.24. The lowest BCUT2D eigenvalue weighted by Gasteiger charge is -2.38. The summed E-state index contributed by atoms with van der Waals surface area (Å²) < 4.78 is 6.44. The molecule has 0 N–H and O–H groups in total. The number of hydrogen-bond donors (Lipinski definition) is 0. The molecule has 2 fully saturated rings. The van der Waals surface area contributed by atoms with Gasteiger partial charge in [0.1, 0.15) is 5.01 Å².